The quantitative estimate of drug-likeness (QED) is 0.856. The van der Waals surface area contributed by atoms with E-state index >= 15 is 0 Å². The van der Waals surface area contributed by atoms with E-state index < -0.39 is 0 Å². The fourth-order valence-electron chi connectivity index (χ4n) is 1.59. The zero-order valence-electron chi connectivity index (χ0n) is 11.1. The molecule has 2 amide bonds. The highest BCUT2D eigenvalue weighted by Gasteiger charge is 2.15. The van der Waals surface area contributed by atoms with E-state index in [0.717, 1.165) is 11.3 Å². The summed E-state index contributed by atoms with van der Waals surface area (Å²) in [6, 6.07) is 7.13. The number of amides is 2. The van der Waals surface area contributed by atoms with Gasteiger partial charge in [-0.05, 0) is 23.1 Å². The minimum atomic E-state index is -0.362. The molecule has 3 N–H and O–H groups in total. The van der Waals surface area contributed by atoms with Crippen molar-refractivity contribution in [2.24, 2.45) is 11.1 Å². The number of nitrogens with two attached hydrogens (primary N) is 1. The summed E-state index contributed by atoms with van der Waals surface area (Å²) in [6.45, 7) is 6.05. The first-order valence-corrected chi connectivity index (χ1v) is 5.93. The lowest BCUT2D eigenvalue weighted by molar-refractivity contribution is -0.118. The van der Waals surface area contributed by atoms with Crippen LogP contribution in [0.4, 0.5) is 5.69 Å². The molecule has 98 valence electrons. The number of carbonyl (C=O) groups is 2. The smallest absolute Gasteiger partial charge is 0.224 e. The van der Waals surface area contributed by atoms with Crippen molar-refractivity contribution in [3.05, 3.63) is 29.8 Å². The number of hydrogen-bond acceptors (Lipinski definition) is 2. The van der Waals surface area contributed by atoms with Gasteiger partial charge in [-0.15, -0.1) is 0 Å². The largest absolute Gasteiger partial charge is 0.369 e. The zero-order chi connectivity index (χ0) is 13.8. The van der Waals surface area contributed by atoms with Crippen LogP contribution in [-0.4, -0.2) is 11.8 Å². The molecule has 0 aliphatic carbocycles. The second-order valence-electron chi connectivity index (χ2n) is 5.63. The molecule has 0 atom stereocenters. The highest BCUT2D eigenvalue weighted by atomic mass is 16.1. The topological polar surface area (TPSA) is 72.2 Å². The van der Waals surface area contributed by atoms with Crippen LogP contribution in [0, 0.1) is 5.41 Å². The number of rotatable bonds is 4. The molecule has 18 heavy (non-hydrogen) atoms. The van der Waals surface area contributed by atoms with Crippen molar-refractivity contribution in [2.75, 3.05) is 5.32 Å². The Morgan fingerprint density at radius 3 is 2.17 bits per heavy atom. The molecule has 0 spiro atoms. The van der Waals surface area contributed by atoms with Crippen molar-refractivity contribution in [1.82, 2.24) is 0 Å². The molecule has 0 bridgehead atoms. The minimum Gasteiger partial charge on any atom is -0.369 e. The van der Waals surface area contributed by atoms with Crippen LogP contribution in [0.1, 0.15) is 32.8 Å². The summed E-state index contributed by atoms with van der Waals surface area (Å²) in [6.07, 6.45) is 0.687. The monoisotopic (exact) mass is 248 g/mol. The van der Waals surface area contributed by atoms with E-state index in [-0.39, 0.29) is 23.7 Å². The Kier molecular flexibility index (Phi) is 4.48. The van der Waals surface area contributed by atoms with Gasteiger partial charge in [0, 0.05) is 12.1 Å². The Bertz CT molecular complexity index is 430. The first-order chi connectivity index (χ1) is 8.26. The Balaban J connectivity index is 2.58. The summed E-state index contributed by atoms with van der Waals surface area (Å²) in [5.41, 5.74) is 6.65. The molecule has 1 rings (SSSR count). The van der Waals surface area contributed by atoms with Crippen LogP contribution in [0.5, 0.6) is 0 Å². The Hall–Kier alpha value is -1.84. The Morgan fingerprint density at radius 1 is 1.17 bits per heavy atom. The highest BCUT2D eigenvalue weighted by Crippen LogP contribution is 2.19. The van der Waals surface area contributed by atoms with Gasteiger partial charge >= 0.3 is 0 Å². The lowest BCUT2D eigenvalue weighted by Crippen LogP contribution is -2.19. The number of primary amides is 1. The molecule has 4 nitrogen and oxygen atoms in total. The molecule has 0 aromatic heterocycles. The van der Waals surface area contributed by atoms with Gasteiger partial charge < -0.3 is 11.1 Å². The van der Waals surface area contributed by atoms with E-state index in [1.807, 2.05) is 20.8 Å². The van der Waals surface area contributed by atoms with Crippen molar-refractivity contribution in [3.8, 4) is 0 Å². The van der Waals surface area contributed by atoms with Gasteiger partial charge in [-0.2, -0.15) is 0 Å². The summed E-state index contributed by atoms with van der Waals surface area (Å²) in [5.74, 6) is -0.371. The Morgan fingerprint density at radius 2 is 1.72 bits per heavy atom. The van der Waals surface area contributed by atoms with Gasteiger partial charge in [0.1, 0.15) is 0 Å². The third-order valence-corrected chi connectivity index (χ3v) is 2.31. The van der Waals surface area contributed by atoms with Gasteiger partial charge in [0.2, 0.25) is 11.8 Å². The van der Waals surface area contributed by atoms with Gasteiger partial charge in [0.15, 0.2) is 0 Å². The van der Waals surface area contributed by atoms with Crippen molar-refractivity contribution in [2.45, 2.75) is 33.6 Å². The van der Waals surface area contributed by atoms with Crippen LogP contribution in [-0.2, 0) is 16.0 Å². The molecular formula is C14H20N2O2. The van der Waals surface area contributed by atoms with Crippen molar-refractivity contribution in [1.29, 1.82) is 0 Å². The molecule has 0 saturated carbocycles. The van der Waals surface area contributed by atoms with Crippen molar-refractivity contribution >= 4 is 17.5 Å². The van der Waals surface area contributed by atoms with Crippen LogP contribution in [0.25, 0.3) is 0 Å². The molecule has 0 heterocycles. The van der Waals surface area contributed by atoms with Crippen molar-refractivity contribution < 1.29 is 9.59 Å². The number of anilines is 1. The predicted molar refractivity (Wildman–Crippen MR) is 72.0 cm³/mol. The van der Waals surface area contributed by atoms with Crippen LogP contribution < -0.4 is 11.1 Å². The van der Waals surface area contributed by atoms with E-state index in [2.05, 4.69) is 5.32 Å². The van der Waals surface area contributed by atoms with Gasteiger partial charge in [0.05, 0.1) is 6.42 Å². The molecule has 1 aromatic carbocycles. The molecule has 0 aliphatic heterocycles. The van der Waals surface area contributed by atoms with E-state index in [9.17, 15) is 9.59 Å². The van der Waals surface area contributed by atoms with E-state index in [4.69, 9.17) is 5.73 Å². The second kappa shape index (κ2) is 5.67. The van der Waals surface area contributed by atoms with Crippen molar-refractivity contribution in [3.63, 3.8) is 0 Å². The SMILES string of the molecule is CC(C)(C)CC(=O)Nc1ccc(CC(N)=O)cc1. The van der Waals surface area contributed by atoms with Crippen LogP contribution in [0.15, 0.2) is 24.3 Å². The van der Waals surface area contributed by atoms with E-state index in [1.165, 1.54) is 0 Å². The normalized spacial score (nSPS) is 11.1. The highest BCUT2D eigenvalue weighted by molar-refractivity contribution is 5.91. The van der Waals surface area contributed by atoms with Gasteiger partial charge in [-0.1, -0.05) is 32.9 Å². The number of nitrogens with one attached hydrogen (secondary N) is 1. The molecule has 1 aromatic rings. The third-order valence-electron chi connectivity index (χ3n) is 2.31. The number of hydrogen-bond donors (Lipinski definition) is 2. The maximum absolute atomic E-state index is 11.7. The second-order valence-corrected chi connectivity index (χ2v) is 5.63. The summed E-state index contributed by atoms with van der Waals surface area (Å²) in [5, 5.41) is 2.82. The average molecular weight is 248 g/mol. The van der Waals surface area contributed by atoms with Gasteiger partial charge in [-0.3, -0.25) is 9.59 Å². The summed E-state index contributed by atoms with van der Waals surface area (Å²) >= 11 is 0. The molecule has 0 radical (unpaired) electrons. The maximum Gasteiger partial charge on any atom is 0.224 e. The summed E-state index contributed by atoms with van der Waals surface area (Å²) < 4.78 is 0. The molecule has 4 heteroatoms. The number of benzene rings is 1. The van der Waals surface area contributed by atoms with Gasteiger partial charge in [0.25, 0.3) is 0 Å². The molecule has 0 fully saturated rings. The standard InChI is InChI=1S/C14H20N2O2/c1-14(2,3)9-13(18)16-11-6-4-10(5-7-11)8-12(15)17/h4-7H,8-9H2,1-3H3,(H2,15,17)(H,16,18). The average Bonchev–Trinajstić information content (AvgIpc) is 2.17. The lowest BCUT2D eigenvalue weighted by Gasteiger charge is -2.17. The fourth-order valence-corrected chi connectivity index (χ4v) is 1.59. The van der Waals surface area contributed by atoms with Crippen LogP contribution in [0.2, 0.25) is 0 Å². The molecule has 0 aliphatic rings. The minimum absolute atomic E-state index is 0.00912. The summed E-state index contributed by atoms with van der Waals surface area (Å²) in [7, 11) is 0. The lowest BCUT2D eigenvalue weighted by atomic mass is 9.92. The maximum atomic E-state index is 11.7. The first kappa shape index (κ1) is 14.2. The Labute approximate surface area is 108 Å². The third kappa shape index (κ3) is 5.48. The molecular weight excluding hydrogens is 228 g/mol. The predicted octanol–water partition coefficient (Wildman–Crippen LogP) is 2.09. The van der Waals surface area contributed by atoms with Crippen LogP contribution >= 0.6 is 0 Å². The number of carbonyl (C=O) groups excluding carboxylic acids is 2. The fraction of sp³-hybridized carbons (Fsp3) is 0.429. The first-order valence-electron chi connectivity index (χ1n) is 5.93. The molecule has 0 saturated heterocycles. The van der Waals surface area contributed by atoms with E-state index in [0.29, 0.717) is 6.42 Å². The van der Waals surface area contributed by atoms with Gasteiger partial charge in [-0.25, -0.2) is 0 Å². The summed E-state index contributed by atoms with van der Waals surface area (Å²) in [4.78, 5) is 22.4. The van der Waals surface area contributed by atoms with Crippen LogP contribution in [0.3, 0.4) is 0 Å². The molecule has 0 unspecified atom stereocenters. The van der Waals surface area contributed by atoms with E-state index in [1.54, 1.807) is 24.3 Å². The zero-order valence-corrected chi connectivity index (χ0v) is 11.1.